The lowest BCUT2D eigenvalue weighted by molar-refractivity contribution is 0.197. The molecule has 0 aliphatic carbocycles. The van der Waals surface area contributed by atoms with E-state index in [1.165, 1.54) is 4.88 Å². The van der Waals surface area contributed by atoms with Crippen LogP contribution in [0.2, 0.25) is 0 Å². The zero-order chi connectivity index (χ0) is 13.9. The van der Waals surface area contributed by atoms with Crippen LogP contribution in [0.25, 0.3) is 0 Å². The van der Waals surface area contributed by atoms with Crippen molar-refractivity contribution in [2.75, 3.05) is 26.2 Å². The van der Waals surface area contributed by atoms with E-state index in [1.807, 2.05) is 12.1 Å². The average molecular weight is 355 g/mol. The molecular weight excluding hydrogens is 339 g/mol. The Labute approximate surface area is 130 Å². The second kappa shape index (κ2) is 6.35. The van der Waals surface area contributed by atoms with Gasteiger partial charge in [0.05, 0.1) is 6.04 Å². The fourth-order valence-electron chi connectivity index (χ4n) is 2.66. The van der Waals surface area contributed by atoms with Gasteiger partial charge in [0.25, 0.3) is 0 Å². The molecule has 1 saturated heterocycles. The van der Waals surface area contributed by atoms with Crippen molar-refractivity contribution in [3.8, 4) is 0 Å². The highest BCUT2D eigenvalue weighted by Crippen LogP contribution is 2.37. The van der Waals surface area contributed by atoms with Crippen molar-refractivity contribution in [2.24, 2.45) is 0 Å². The van der Waals surface area contributed by atoms with Crippen molar-refractivity contribution in [1.82, 2.24) is 10.2 Å². The van der Waals surface area contributed by atoms with Gasteiger partial charge in [-0.1, -0.05) is 28.1 Å². The van der Waals surface area contributed by atoms with E-state index in [1.54, 1.807) is 23.5 Å². The summed E-state index contributed by atoms with van der Waals surface area (Å²) < 4.78 is 15.2. The summed E-state index contributed by atoms with van der Waals surface area (Å²) in [7, 11) is 0. The molecule has 0 amide bonds. The van der Waals surface area contributed by atoms with E-state index in [4.69, 9.17) is 0 Å². The Kier molecular flexibility index (Phi) is 4.51. The fourth-order valence-corrected chi connectivity index (χ4v) is 4.09. The van der Waals surface area contributed by atoms with Crippen LogP contribution in [0, 0.1) is 5.82 Å². The molecule has 1 aliphatic rings. The third-order valence-electron chi connectivity index (χ3n) is 3.60. The number of hydrogen-bond donors (Lipinski definition) is 1. The predicted molar refractivity (Wildman–Crippen MR) is 84.7 cm³/mol. The molecule has 0 radical (unpaired) electrons. The number of rotatable bonds is 3. The number of nitrogens with zero attached hydrogens (tertiary/aromatic N) is 1. The minimum Gasteiger partial charge on any atom is -0.314 e. The molecule has 2 aromatic rings. The van der Waals surface area contributed by atoms with E-state index in [0.717, 1.165) is 36.2 Å². The van der Waals surface area contributed by atoms with E-state index in [2.05, 4.69) is 37.6 Å². The summed E-state index contributed by atoms with van der Waals surface area (Å²) >= 11 is 5.21. The Hall–Kier alpha value is -0.750. The number of nitrogens with one attached hydrogen (secondary N) is 1. The number of benzene rings is 1. The first kappa shape index (κ1) is 14.2. The number of thiophene rings is 1. The molecule has 1 fully saturated rings. The molecule has 1 aromatic heterocycles. The first-order valence-corrected chi connectivity index (χ1v) is 8.36. The zero-order valence-corrected chi connectivity index (χ0v) is 13.4. The third-order valence-corrected chi connectivity index (χ3v) is 5.22. The maximum Gasteiger partial charge on any atom is 0.129 e. The molecule has 1 aromatic carbocycles. The van der Waals surface area contributed by atoms with Gasteiger partial charge in [-0.25, -0.2) is 4.39 Å². The molecule has 2 heterocycles. The van der Waals surface area contributed by atoms with Gasteiger partial charge in [-0.3, -0.25) is 4.90 Å². The molecule has 1 atom stereocenters. The largest absolute Gasteiger partial charge is 0.314 e. The van der Waals surface area contributed by atoms with E-state index in [9.17, 15) is 4.39 Å². The summed E-state index contributed by atoms with van der Waals surface area (Å²) in [6, 6.07) is 9.32. The first-order valence-electron chi connectivity index (χ1n) is 6.69. The van der Waals surface area contributed by atoms with Gasteiger partial charge in [0.1, 0.15) is 5.82 Å². The fraction of sp³-hybridized carbons (Fsp3) is 0.333. The Bertz CT molecular complexity index is 547. The Balaban J connectivity index is 2.05. The van der Waals surface area contributed by atoms with Crippen molar-refractivity contribution < 1.29 is 4.39 Å². The lowest BCUT2D eigenvalue weighted by Crippen LogP contribution is -2.45. The van der Waals surface area contributed by atoms with E-state index < -0.39 is 0 Å². The van der Waals surface area contributed by atoms with Crippen LogP contribution in [0.1, 0.15) is 16.5 Å². The molecule has 0 saturated carbocycles. The topological polar surface area (TPSA) is 15.3 Å². The van der Waals surface area contributed by atoms with E-state index in [-0.39, 0.29) is 11.9 Å². The van der Waals surface area contributed by atoms with Crippen molar-refractivity contribution in [3.63, 3.8) is 0 Å². The summed E-state index contributed by atoms with van der Waals surface area (Å²) in [6.07, 6.45) is 0. The van der Waals surface area contributed by atoms with Gasteiger partial charge in [-0.15, -0.1) is 11.3 Å². The van der Waals surface area contributed by atoms with Crippen molar-refractivity contribution in [1.29, 1.82) is 0 Å². The van der Waals surface area contributed by atoms with Crippen LogP contribution in [-0.2, 0) is 0 Å². The van der Waals surface area contributed by atoms with Gasteiger partial charge in [0.15, 0.2) is 0 Å². The summed E-state index contributed by atoms with van der Waals surface area (Å²) in [5, 5.41) is 5.41. The van der Waals surface area contributed by atoms with E-state index >= 15 is 0 Å². The number of halogens is 2. The molecule has 3 rings (SSSR count). The van der Waals surface area contributed by atoms with Crippen molar-refractivity contribution in [2.45, 2.75) is 6.04 Å². The van der Waals surface area contributed by atoms with Crippen LogP contribution in [0.3, 0.4) is 0 Å². The minimum atomic E-state index is -0.142. The third kappa shape index (κ3) is 2.81. The quantitative estimate of drug-likeness (QED) is 0.904. The lowest BCUT2D eigenvalue weighted by atomic mass is 10.0. The van der Waals surface area contributed by atoms with E-state index in [0.29, 0.717) is 0 Å². The maximum absolute atomic E-state index is 14.4. The highest BCUT2D eigenvalue weighted by atomic mass is 79.9. The molecule has 0 spiro atoms. The van der Waals surface area contributed by atoms with Gasteiger partial charge < -0.3 is 5.32 Å². The Morgan fingerprint density at radius 1 is 1.20 bits per heavy atom. The van der Waals surface area contributed by atoms with Crippen molar-refractivity contribution in [3.05, 3.63) is 56.4 Å². The van der Waals surface area contributed by atoms with Crippen LogP contribution < -0.4 is 5.32 Å². The second-order valence-corrected chi connectivity index (χ2v) is 6.67. The van der Waals surface area contributed by atoms with Crippen LogP contribution in [0.5, 0.6) is 0 Å². The molecule has 1 aliphatic heterocycles. The van der Waals surface area contributed by atoms with Gasteiger partial charge in [0, 0.05) is 41.1 Å². The molecule has 5 heteroatoms. The Morgan fingerprint density at radius 3 is 2.65 bits per heavy atom. The highest BCUT2D eigenvalue weighted by molar-refractivity contribution is 9.10. The van der Waals surface area contributed by atoms with Crippen LogP contribution >= 0.6 is 27.3 Å². The molecule has 1 N–H and O–H groups in total. The molecule has 2 nitrogen and oxygen atoms in total. The van der Waals surface area contributed by atoms with Crippen LogP contribution in [-0.4, -0.2) is 31.1 Å². The van der Waals surface area contributed by atoms with Crippen molar-refractivity contribution >= 4 is 27.3 Å². The zero-order valence-electron chi connectivity index (χ0n) is 11.0. The maximum atomic E-state index is 14.4. The molecule has 0 bridgehead atoms. The standard InChI is InChI=1S/C15H16BrFN2S/c16-11-3-1-4-12(17)14(11)15(13-5-2-10-20-13)19-8-6-18-7-9-19/h1-5,10,15,18H,6-9H2/t15-/m1/s1. The summed E-state index contributed by atoms with van der Waals surface area (Å²) in [4.78, 5) is 3.54. The summed E-state index contributed by atoms with van der Waals surface area (Å²) in [5.41, 5.74) is 0.747. The molecule has 106 valence electrons. The number of piperazine rings is 1. The van der Waals surface area contributed by atoms with Crippen LogP contribution in [0.4, 0.5) is 4.39 Å². The van der Waals surface area contributed by atoms with Gasteiger partial charge in [0.2, 0.25) is 0 Å². The molecular formula is C15H16BrFN2S. The van der Waals surface area contributed by atoms with Crippen LogP contribution in [0.15, 0.2) is 40.2 Å². The SMILES string of the molecule is Fc1cccc(Br)c1[C@@H](c1cccs1)N1CCNCC1. The predicted octanol–water partition coefficient (Wildman–Crippen LogP) is 3.64. The first-order chi connectivity index (χ1) is 9.77. The van der Waals surface area contributed by atoms with Gasteiger partial charge in [-0.05, 0) is 23.6 Å². The number of hydrogen-bond acceptors (Lipinski definition) is 3. The average Bonchev–Trinajstić information content (AvgIpc) is 2.98. The van der Waals surface area contributed by atoms with Gasteiger partial charge >= 0.3 is 0 Å². The lowest BCUT2D eigenvalue weighted by Gasteiger charge is -2.35. The molecule has 20 heavy (non-hydrogen) atoms. The summed E-state index contributed by atoms with van der Waals surface area (Å²) in [5.74, 6) is -0.142. The van der Waals surface area contributed by atoms with Gasteiger partial charge in [-0.2, -0.15) is 0 Å². The Morgan fingerprint density at radius 2 is 2.00 bits per heavy atom. The summed E-state index contributed by atoms with van der Waals surface area (Å²) in [6.45, 7) is 3.77. The normalized spacial score (nSPS) is 18.1. The smallest absolute Gasteiger partial charge is 0.129 e. The monoisotopic (exact) mass is 354 g/mol. The second-order valence-electron chi connectivity index (χ2n) is 4.84. The minimum absolute atomic E-state index is 0.00678. The molecule has 0 unspecified atom stereocenters. The highest BCUT2D eigenvalue weighted by Gasteiger charge is 2.28.